The highest BCUT2D eigenvalue weighted by molar-refractivity contribution is 8.00. The van der Waals surface area contributed by atoms with Gasteiger partial charge in [0.05, 0.1) is 19.8 Å². The Labute approximate surface area is 105 Å². The molecule has 0 amide bonds. The van der Waals surface area contributed by atoms with E-state index in [9.17, 15) is 4.79 Å². The van der Waals surface area contributed by atoms with E-state index in [1.165, 1.54) is 7.11 Å². The molecule has 1 aliphatic rings. The highest BCUT2D eigenvalue weighted by Crippen LogP contribution is 2.33. The van der Waals surface area contributed by atoms with Gasteiger partial charge in [-0.1, -0.05) is 12.1 Å². The van der Waals surface area contributed by atoms with Crippen molar-refractivity contribution in [2.24, 2.45) is 0 Å². The van der Waals surface area contributed by atoms with Gasteiger partial charge in [-0.05, 0) is 23.3 Å². The summed E-state index contributed by atoms with van der Waals surface area (Å²) >= 11 is 1.73. The molecule has 1 aliphatic heterocycles. The van der Waals surface area contributed by atoms with Crippen molar-refractivity contribution in [2.75, 3.05) is 25.7 Å². The van der Waals surface area contributed by atoms with Crippen molar-refractivity contribution in [2.45, 2.75) is 0 Å². The fraction of sp³-hybridized carbons (Fsp3) is 0.308. The van der Waals surface area contributed by atoms with E-state index in [0.717, 1.165) is 34.0 Å². The molecule has 17 heavy (non-hydrogen) atoms. The molecule has 1 aromatic carbocycles. The number of esters is 1. The maximum atomic E-state index is 11.6. The minimum Gasteiger partial charge on any atom is -0.497 e. The number of carbonyl (C=O) groups is 1. The lowest BCUT2D eigenvalue weighted by molar-refractivity contribution is -0.135. The van der Waals surface area contributed by atoms with Crippen LogP contribution in [0.5, 0.6) is 5.75 Å². The summed E-state index contributed by atoms with van der Waals surface area (Å²) in [5, 5.41) is 0. The molecule has 0 atom stereocenters. The molecular weight excluding hydrogens is 236 g/mol. The highest BCUT2D eigenvalue weighted by Gasteiger charge is 2.22. The highest BCUT2D eigenvalue weighted by atomic mass is 32.2. The Hall–Kier alpha value is -1.42. The first-order valence-electron chi connectivity index (χ1n) is 5.28. The van der Waals surface area contributed by atoms with E-state index in [4.69, 9.17) is 9.47 Å². The van der Waals surface area contributed by atoms with E-state index in [1.807, 2.05) is 24.3 Å². The lowest BCUT2D eigenvalue weighted by Crippen LogP contribution is -2.06. The lowest BCUT2D eigenvalue weighted by atomic mass is 10.0. The summed E-state index contributed by atoms with van der Waals surface area (Å²) < 4.78 is 9.91. The zero-order valence-electron chi connectivity index (χ0n) is 9.86. The number of ether oxygens (including phenoxy) is 2. The van der Waals surface area contributed by atoms with E-state index in [2.05, 4.69) is 0 Å². The zero-order valence-corrected chi connectivity index (χ0v) is 10.7. The maximum absolute atomic E-state index is 11.6. The summed E-state index contributed by atoms with van der Waals surface area (Å²) in [4.78, 5) is 11.6. The quantitative estimate of drug-likeness (QED) is 0.772. The van der Waals surface area contributed by atoms with Crippen LogP contribution in [0.25, 0.3) is 5.57 Å². The first-order chi connectivity index (χ1) is 8.26. The largest absolute Gasteiger partial charge is 0.497 e. The molecule has 0 saturated carbocycles. The summed E-state index contributed by atoms with van der Waals surface area (Å²) in [5.74, 6) is 2.19. The summed E-state index contributed by atoms with van der Waals surface area (Å²) in [6.07, 6.45) is 0. The van der Waals surface area contributed by atoms with Crippen LogP contribution in [0.4, 0.5) is 0 Å². The maximum Gasteiger partial charge on any atom is 0.334 e. The van der Waals surface area contributed by atoms with Crippen molar-refractivity contribution >= 4 is 23.3 Å². The summed E-state index contributed by atoms with van der Waals surface area (Å²) in [5.41, 5.74) is 2.92. The van der Waals surface area contributed by atoms with Crippen LogP contribution < -0.4 is 4.74 Å². The van der Waals surface area contributed by atoms with Gasteiger partial charge in [-0.25, -0.2) is 4.79 Å². The van der Waals surface area contributed by atoms with Crippen LogP contribution in [-0.4, -0.2) is 31.7 Å². The van der Waals surface area contributed by atoms with Gasteiger partial charge in [0.15, 0.2) is 0 Å². The van der Waals surface area contributed by atoms with Gasteiger partial charge < -0.3 is 9.47 Å². The van der Waals surface area contributed by atoms with Crippen LogP contribution in [0, 0.1) is 0 Å². The molecule has 0 spiro atoms. The van der Waals surface area contributed by atoms with Crippen LogP contribution in [0.2, 0.25) is 0 Å². The minimum absolute atomic E-state index is 0.221. The van der Waals surface area contributed by atoms with Crippen LogP contribution in [0.1, 0.15) is 5.56 Å². The SMILES string of the molecule is COC(=O)C1=C(c2ccc(OC)cc2)CSC1. The number of hydrogen-bond acceptors (Lipinski definition) is 4. The second-order valence-corrected chi connectivity index (χ2v) is 4.66. The Morgan fingerprint density at radius 1 is 1.18 bits per heavy atom. The van der Waals surface area contributed by atoms with Crippen molar-refractivity contribution in [1.29, 1.82) is 0 Å². The fourth-order valence-corrected chi connectivity index (χ4v) is 2.93. The molecule has 0 aliphatic carbocycles. The van der Waals surface area contributed by atoms with E-state index < -0.39 is 0 Å². The minimum atomic E-state index is -0.221. The molecule has 1 heterocycles. The molecule has 2 rings (SSSR count). The third-order valence-corrected chi connectivity index (χ3v) is 3.71. The molecule has 0 fully saturated rings. The average Bonchev–Trinajstić information content (AvgIpc) is 2.87. The summed E-state index contributed by atoms with van der Waals surface area (Å²) in [7, 11) is 3.06. The van der Waals surface area contributed by atoms with Crippen molar-refractivity contribution < 1.29 is 14.3 Å². The predicted molar refractivity (Wildman–Crippen MR) is 69.3 cm³/mol. The molecule has 90 valence electrons. The Bertz CT molecular complexity index is 448. The Balaban J connectivity index is 2.33. The molecule has 0 N–H and O–H groups in total. The van der Waals surface area contributed by atoms with Crippen LogP contribution in [0.15, 0.2) is 29.8 Å². The molecular formula is C13H14O3S. The zero-order chi connectivity index (χ0) is 12.3. The molecule has 0 bridgehead atoms. The van der Waals surface area contributed by atoms with Crippen LogP contribution in [0.3, 0.4) is 0 Å². The molecule has 0 radical (unpaired) electrons. The van der Waals surface area contributed by atoms with Gasteiger partial charge in [-0.3, -0.25) is 0 Å². The number of benzene rings is 1. The Morgan fingerprint density at radius 2 is 1.88 bits per heavy atom. The van der Waals surface area contributed by atoms with E-state index in [0.29, 0.717) is 0 Å². The normalized spacial score (nSPS) is 14.9. The first-order valence-corrected chi connectivity index (χ1v) is 6.44. The second-order valence-electron chi connectivity index (χ2n) is 3.67. The molecule has 1 aromatic rings. The fourth-order valence-electron chi connectivity index (χ4n) is 1.78. The average molecular weight is 250 g/mol. The van der Waals surface area contributed by atoms with Crippen molar-refractivity contribution in [3.63, 3.8) is 0 Å². The smallest absolute Gasteiger partial charge is 0.334 e. The lowest BCUT2D eigenvalue weighted by Gasteiger charge is -2.06. The third-order valence-electron chi connectivity index (χ3n) is 2.73. The van der Waals surface area contributed by atoms with Gasteiger partial charge in [-0.2, -0.15) is 11.8 Å². The van der Waals surface area contributed by atoms with Gasteiger partial charge in [0.25, 0.3) is 0 Å². The Morgan fingerprint density at radius 3 is 2.47 bits per heavy atom. The topological polar surface area (TPSA) is 35.5 Å². The van der Waals surface area contributed by atoms with Gasteiger partial charge in [0, 0.05) is 11.5 Å². The van der Waals surface area contributed by atoms with Crippen molar-refractivity contribution in [3.8, 4) is 5.75 Å². The number of thioether (sulfide) groups is 1. The summed E-state index contributed by atoms with van der Waals surface area (Å²) in [6, 6.07) is 7.76. The molecule has 0 aromatic heterocycles. The number of methoxy groups -OCH3 is 2. The molecule has 4 heteroatoms. The number of rotatable bonds is 3. The van der Waals surface area contributed by atoms with Gasteiger partial charge in [0.2, 0.25) is 0 Å². The number of carbonyl (C=O) groups excluding carboxylic acids is 1. The molecule has 3 nitrogen and oxygen atoms in total. The molecule has 0 saturated heterocycles. The van der Waals surface area contributed by atoms with Gasteiger partial charge in [0.1, 0.15) is 5.75 Å². The van der Waals surface area contributed by atoms with E-state index in [1.54, 1.807) is 18.9 Å². The van der Waals surface area contributed by atoms with Gasteiger partial charge >= 0.3 is 5.97 Å². The standard InChI is InChI=1S/C13H14O3S/c1-15-10-5-3-9(4-6-10)11-7-17-8-12(11)13(14)16-2/h3-6H,7-8H2,1-2H3. The van der Waals surface area contributed by atoms with Crippen LogP contribution in [-0.2, 0) is 9.53 Å². The number of hydrogen-bond donors (Lipinski definition) is 0. The van der Waals surface area contributed by atoms with Crippen molar-refractivity contribution in [1.82, 2.24) is 0 Å². The first kappa shape index (κ1) is 12.0. The van der Waals surface area contributed by atoms with Gasteiger partial charge in [-0.15, -0.1) is 0 Å². The molecule has 0 unspecified atom stereocenters. The van der Waals surface area contributed by atoms with Crippen molar-refractivity contribution in [3.05, 3.63) is 35.4 Å². The van der Waals surface area contributed by atoms with E-state index >= 15 is 0 Å². The monoisotopic (exact) mass is 250 g/mol. The Kier molecular flexibility index (Phi) is 3.74. The predicted octanol–water partition coefficient (Wildman–Crippen LogP) is 2.37. The third kappa shape index (κ3) is 2.47. The second kappa shape index (κ2) is 5.27. The van der Waals surface area contributed by atoms with Crippen LogP contribution >= 0.6 is 11.8 Å². The van der Waals surface area contributed by atoms with E-state index in [-0.39, 0.29) is 5.97 Å². The summed E-state index contributed by atoms with van der Waals surface area (Å²) in [6.45, 7) is 0.